The molecule has 2 aromatic carbocycles. The molecule has 0 aliphatic carbocycles. The lowest BCUT2D eigenvalue weighted by Crippen LogP contribution is -2.37. The summed E-state index contributed by atoms with van der Waals surface area (Å²) in [5.41, 5.74) is 3.74. The molecular weight excluding hydrogens is 340 g/mol. The number of hydrogen-bond donors (Lipinski definition) is 0. The Balaban J connectivity index is 1.53. The number of morpholine rings is 1. The number of rotatable bonds is 6. The molecule has 0 atom stereocenters. The van der Waals surface area contributed by atoms with Crippen LogP contribution < -0.4 is 0 Å². The Morgan fingerprint density at radius 3 is 2.58 bits per heavy atom. The number of thioether (sulfide) groups is 1. The van der Waals surface area contributed by atoms with Crippen LogP contribution in [0.4, 0.5) is 0 Å². The summed E-state index contributed by atoms with van der Waals surface area (Å²) in [7, 11) is 0. The maximum absolute atomic E-state index is 5.44. The van der Waals surface area contributed by atoms with Crippen molar-refractivity contribution in [3.05, 3.63) is 71.8 Å². The molecule has 3 aromatic rings. The highest BCUT2D eigenvalue weighted by molar-refractivity contribution is 7.99. The van der Waals surface area contributed by atoms with E-state index in [1.165, 1.54) is 21.5 Å². The molecule has 0 bridgehead atoms. The highest BCUT2D eigenvalue weighted by Crippen LogP contribution is 2.27. The maximum Gasteiger partial charge on any atom is 0.100 e. The summed E-state index contributed by atoms with van der Waals surface area (Å²) in [6.07, 6.45) is 0.929. The molecule has 1 aliphatic heterocycles. The largest absolute Gasteiger partial charge is 0.379 e. The average Bonchev–Trinajstić information content (AvgIpc) is 2.70. The monoisotopic (exact) mass is 364 g/mol. The van der Waals surface area contributed by atoms with Gasteiger partial charge in [0.1, 0.15) is 5.03 Å². The van der Waals surface area contributed by atoms with Crippen LogP contribution in [0.15, 0.2) is 65.7 Å². The van der Waals surface area contributed by atoms with Gasteiger partial charge in [0.2, 0.25) is 0 Å². The summed E-state index contributed by atoms with van der Waals surface area (Å²) < 4.78 is 5.44. The van der Waals surface area contributed by atoms with Gasteiger partial charge in [0, 0.05) is 37.2 Å². The minimum Gasteiger partial charge on any atom is -0.379 e. The Morgan fingerprint density at radius 1 is 0.962 bits per heavy atom. The second kappa shape index (κ2) is 8.67. The summed E-state index contributed by atoms with van der Waals surface area (Å²) in [6.45, 7) is 4.90. The fraction of sp³-hybridized carbons (Fsp3) is 0.318. The van der Waals surface area contributed by atoms with Crippen molar-refractivity contribution in [2.75, 3.05) is 38.6 Å². The first-order valence-corrected chi connectivity index (χ1v) is 10.2. The van der Waals surface area contributed by atoms with Gasteiger partial charge in [0.05, 0.1) is 18.7 Å². The molecule has 0 radical (unpaired) electrons. The third kappa shape index (κ3) is 4.44. The standard InChI is InChI=1S/C22H24N2OS/c1-2-6-18(7-3-1)16-20-17-19-8-4-5-9-21(19)23-22(20)26-15-12-24-10-13-25-14-11-24/h1-9,17H,10-16H2. The fourth-order valence-corrected chi connectivity index (χ4v) is 4.33. The number of benzene rings is 2. The van der Waals surface area contributed by atoms with Gasteiger partial charge in [-0.3, -0.25) is 4.90 Å². The average molecular weight is 365 g/mol. The summed E-state index contributed by atoms with van der Waals surface area (Å²) in [4.78, 5) is 7.45. The molecule has 0 spiro atoms. The van der Waals surface area contributed by atoms with Crippen molar-refractivity contribution in [3.63, 3.8) is 0 Å². The van der Waals surface area contributed by atoms with Gasteiger partial charge in [-0.15, -0.1) is 11.8 Å². The SMILES string of the molecule is c1ccc(Cc2cc3ccccc3nc2SCCN2CCOCC2)cc1. The van der Waals surface area contributed by atoms with E-state index < -0.39 is 0 Å². The lowest BCUT2D eigenvalue weighted by atomic mass is 10.0. The van der Waals surface area contributed by atoms with E-state index in [2.05, 4.69) is 65.6 Å². The van der Waals surface area contributed by atoms with Crippen LogP contribution >= 0.6 is 11.8 Å². The van der Waals surface area contributed by atoms with Crippen molar-refractivity contribution in [2.24, 2.45) is 0 Å². The highest BCUT2D eigenvalue weighted by atomic mass is 32.2. The minimum atomic E-state index is 0.859. The molecule has 26 heavy (non-hydrogen) atoms. The quantitative estimate of drug-likeness (QED) is 0.611. The number of nitrogens with zero attached hydrogens (tertiary/aromatic N) is 2. The van der Waals surface area contributed by atoms with Crippen molar-refractivity contribution in [2.45, 2.75) is 11.4 Å². The van der Waals surface area contributed by atoms with Crippen molar-refractivity contribution in [1.82, 2.24) is 9.88 Å². The van der Waals surface area contributed by atoms with E-state index in [0.717, 1.165) is 50.5 Å². The molecule has 1 aromatic heterocycles. The Morgan fingerprint density at radius 2 is 1.73 bits per heavy atom. The fourth-order valence-electron chi connectivity index (χ4n) is 3.31. The number of para-hydroxylation sites is 1. The third-order valence-corrected chi connectivity index (χ3v) is 5.76. The van der Waals surface area contributed by atoms with Crippen molar-refractivity contribution in [1.29, 1.82) is 0 Å². The van der Waals surface area contributed by atoms with E-state index in [4.69, 9.17) is 9.72 Å². The van der Waals surface area contributed by atoms with Crippen LogP contribution in [0.25, 0.3) is 10.9 Å². The van der Waals surface area contributed by atoms with E-state index >= 15 is 0 Å². The van der Waals surface area contributed by atoms with E-state index in [1.807, 2.05) is 11.8 Å². The minimum absolute atomic E-state index is 0.859. The van der Waals surface area contributed by atoms with Gasteiger partial charge in [-0.2, -0.15) is 0 Å². The zero-order valence-electron chi connectivity index (χ0n) is 14.9. The second-order valence-corrected chi connectivity index (χ2v) is 7.69. The van der Waals surface area contributed by atoms with Crippen LogP contribution in [-0.4, -0.2) is 48.5 Å². The molecule has 1 saturated heterocycles. The lowest BCUT2D eigenvalue weighted by Gasteiger charge is -2.26. The number of pyridine rings is 1. The molecule has 0 saturated carbocycles. The van der Waals surface area contributed by atoms with Crippen LogP contribution in [-0.2, 0) is 11.2 Å². The molecule has 134 valence electrons. The third-order valence-electron chi connectivity index (χ3n) is 4.75. The predicted octanol–water partition coefficient (Wildman–Crippen LogP) is 4.25. The van der Waals surface area contributed by atoms with Gasteiger partial charge < -0.3 is 4.74 Å². The molecular formula is C22H24N2OS. The Hall–Kier alpha value is -1.88. The molecule has 3 nitrogen and oxygen atoms in total. The summed E-state index contributed by atoms with van der Waals surface area (Å²) >= 11 is 1.88. The van der Waals surface area contributed by atoms with Gasteiger partial charge >= 0.3 is 0 Å². The molecule has 2 heterocycles. The second-order valence-electron chi connectivity index (χ2n) is 6.61. The van der Waals surface area contributed by atoms with Crippen molar-refractivity contribution in [3.8, 4) is 0 Å². The van der Waals surface area contributed by atoms with E-state index in [9.17, 15) is 0 Å². The first kappa shape index (κ1) is 17.5. The van der Waals surface area contributed by atoms with Crippen molar-refractivity contribution >= 4 is 22.7 Å². The van der Waals surface area contributed by atoms with Gasteiger partial charge in [-0.05, 0) is 23.3 Å². The van der Waals surface area contributed by atoms with Gasteiger partial charge in [-0.25, -0.2) is 4.98 Å². The first-order valence-electron chi connectivity index (χ1n) is 9.24. The van der Waals surface area contributed by atoms with Crippen LogP contribution in [0.2, 0.25) is 0 Å². The van der Waals surface area contributed by atoms with E-state index in [1.54, 1.807) is 0 Å². The lowest BCUT2D eigenvalue weighted by molar-refractivity contribution is 0.0410. The predicted molar refractivity (Wildman–Crippen MR) is 109 cm³/mol. The smallest absolute Gasteiger partial charge is 0.100 e. The molecule has 4 rings (SSSR count). The highest BCUT2D eigenvalue weighted by Gasteiger charge is 2.12. The van der Waals surface area contributed by atoms with Crippen LogP contribution in [0, 0.1) is 0 Å². The van der Waals surface area contributed by atoms with E-state index in [-0.39, 0.29) is 0 Å². The molecule has 1 aliphatic rings. The van der Waals surface area contributed by atoms with Gasteiger partial charge in [-0.1, -0.05) is 48.5 Å². The molecule has 4 heteroatoms. The summed E-state index contributed by atoms with van der Waals surface area (Å²) in [5.74, 6) is 1.06. The van der Waals surface area contributed by atoms with Crippen molar-refractivity contribution < 1.29 is 4.74 Å². The van der Waals surface area contributed by atoms with Crippen LogP contribution in [0.1, 0.15) is 11.1 Å². The number of fused-ring (bicyclic) bond motifs is 1. The summed E-state index contributed by atoms with van der Waals surface area (Å²) in [6, 6.07) is 21.4. The molecule has 0 amide bonds. The molecule has 0 unspecified atom stereocenters. The van der Waals surface area contributed by atoms with Crippen LogP contribution in [0.3, 0.4) is 0 Å². The Kier molecular flexibility index (Phi) is 5.85. The topological polar surface area (TPSA) is 25.4 Å². The maximum atomic E-state index is 5.44. The van der Waals surface area contributed by atoms with Crippen LogP contribution in [0.5, 0.6) is 0 Å². The zero-order chi connectivity index (χ0) is 17.6. The van der Waals surface area contributed by atoms with Gasteiger partial charge in [0.25, 0.3) is 0 Å². The van der Waals surface area contributed by atoms with E-state index in [0.29, 0.717) is 0 Å². The number of hydrogen-bond acceptors (Lipinski definition) is 4. The molecule has 0 N–H and O–H groups in total. The zero-order valence-corrected chi connectivity index (χ0v) is 15.8. The van der Waals surface area contributed by atoms with Gasteiger partial charge in [0.15, 0.2) is 0 Å². The Labute approximate surface area is 159 Å². The number of aromatic nitrogens is 1. The summed E-state index contributed by atoms with van der Waals surface area (Å²) in [5, 5.41) is 2.39. The number of ether oxygens (including phenoxy) is 1. The Bertz CT molecular complexity index is 847. The molecule has 1 fully saturated rings. The normalized spacial score (nSPS) is 15.4. The first-order chi connectivity index (χ1) is 12.9.